The largest absolute Gasteiger partial charge is 0.372 e. The van der Waals surface area contributed by atoms with Gasteiger partial charge in [-0.3, -0.25) is 9.78 Å². The number of aromatic nitrogens is 1. The summed E-state index contributed by atoms with van der Waals surface area (Å²) in [5.74, 6) is -0.0758. The Morgan fingerprint density at radius 2 is 1.95 bits per heavy atom. The second-order valence-corrected chi connectivity index (χ2v) is 6.18. The van der Waals surface area contributed by atoms with Crippen LogP contribution in [0.5, 0.6) is 0 Å². The van der Waals surface area contributed by atoms with E-state index < -0.39 is 5.54 Å². The Kier molecular flexibility index (Phi) is 4.96. The number of benzene rings is 1. The normalized spacial score (nSPS) is 11.0. The highest BCUT2D eigenvalue weighted by molar-refractivity contribution is 9.10. The topological polar surface area (TPSA) is 54.0 Å². The van der Waals surface area contributed by atoms with Crippen molar-refractivity contribution in [3.8, 4) is 0 Å². The van der Waals surface area contributed by atoms with Crippen molar-refractivity contribution in [1.29, 1.82) is 0 Å². The summed E-state index contributed by atoms with van der Waals surface area (Å²) < 4.78 is 0.948. The predicted molar refractivity (Wildman–Crippen MR) is 87.9 cm³/mol. The summed E-state index contributed by atoms with van der Waals surface area (Å²) in [4.78, 5) is 16.5. The molecule has 1 aromatic carbocycles. The van der Waals surface area contributed by atoms with Gasteiger partial charge in [-0.2, -0.15) is 0 Å². The molecule has 0 saturated carbocycles. The maximum atomic E-state index is 12.3. The smallest absolute Gasteiger partial charge is 0.245 e. The number of nitrogens with zero attached hydrogens (tertiary/aromatic N) is 1. The minimum atomic E-state index is -0.701. The number of pyridine rings is 1. The molecule has 1 amide bonds. The van der Waals surface area contributed by atoms with Gasteiger partial charge in [-0.25, -0.2) is 0 Å². The zero-order chi connectivity index (χ0) is 15.3. The molecule has 4 nitrogen and oxygen atoms in total. The third kappa shape index (κ3) is 4.56. The molecule has 0 saturated heterocycles. The lowest BCUT2D eigenvalue weighted by Crippen LogP contribution is -2.47. The molecular formula is C16H18BrN3O. The second-order valence-electron chi connectivity index (χ2n) is 5.26. The van der Waals surface area contributed by atoms with Crippen molar-refractivity contribution in [2.75, 3.05) is 5.32 Å². The molecule has 0 atom stereocenters. The van der Waals surface area contributed by atoms with Crippen molar-refractivity contribution in [2.24, 2.45) is 0 Å². The molecule has 110 valence electrons. The molecule has 2 rings (SSSR count). The van der Waals surface area contributed by atoms with Gasteiger partial charge < -0.3 is 10.6 Å². The van der Waals surface area contributed by atoms with E-state index in [1.165, 1.54) is 0 Å². The Balaban J connectivity index is 1.95. The first kappa shape index (κ1) is 15.5. The third-order valence-electron chi connectivity index (χ3n) is 3.01. The van der Waals surface area contributed by atoms with Crippen LogP contribution in [0, 0.1) is 0 Å². The van der Waals surface area contributed by atoms with Crippen LogP contribution in [0.4, 0.5) is 5.69 Å². The van der Waals surface area contributed by atoms with Crippen LogP contribution in [0.25, 0.3) is 0 Å². The lowest BCUT2D eigenvalue weighted by molar-refractivity contribution is -0.124. The molecule has 5 heteroatoms. The molecule has 0 spiro atoms. The molecule has 2 N–H and O–H groups in total. The van der Waals surface area contributed by atoms with Crippen molar-refractivity contribution in [3.05, 3.63) is 58.8 Å². The van der Waals surface area contributed by atoms with Gasteiger partial charge in [-0.05, 0) is 38.1 Å². The van der Waals surface area contributed by atoms with Crippen molar-refractivity contribution in [3.63, 3.8) is 0 Å². The minimum Gasteiger partial charge on any atom is -0.372 e. The van der Waals surface area contributed by atoms with Crippen LogP contribution < -0.4 is 10.6 Å². The molecule has 1 aromatic heterocycles. The third-order valence-corrected chi connectivity index (χ3v) is 3.50. The van der Waals surface area contributed by atoms with Gasteiger partial charge in [0.1, 0.15) is 5.54 Å². The summed E-state index contributed by atoms with van der Waals surface area (Å²) in [6.07, 6.45) is 1.71. The molecule has 21 heavy (non-hydrogen) atoms. The number of hydrogen-bond donors (Lipinski definition) is 2. The van der Waals surface area contributed by atoms with Crippen molar-refractivity contribution in [2.45, 2.75) is 25.9 Å². The molecule has 0 fully saturated rings. The van der Waals surface area contributed by atoms with Gasteiger partial charge in [0.2, 0.25) is 5.91 Å². The average Bonchev–Trinajstić information content (AvgIpc) is 2.45. The van der Waals surface area contributed by atoms with Crippen molar-refractivity contribution in [1.82, 2.24) is 10.3 Å². The van der Waals surface area contributed by atoms with E-state index in [9.17, 15) is 4.79 Å². The fraction of sp³-hybridized carbons (Fsp3) is 0.250. The van der Waals surface area contributed by atoms with Crippen LogP contribution in [0.3, 0.4) is 0 Å². The van der Waals surface area contributed by atoms with Crippen molar-refractivity contribution >= 4 is 27.5 Å². The van der Waals surface area contributed by atoms with Gasteiger partial charge in [0.25, 0.3) is 0 Å². The fourth-order valence-corrected chi connectivity index (χ4v) is 2.26. The zero-order valence-corrected chi connectivity index (χ0v) is 13.6. The first-order valence-electron chi connectivity index (χ1n) is 6.69. The molecule has 0 radical (unpaired) electrons. The van der Waals surface area contributed by atoms with E-state index in [2.05, 4.69) is 31.5 Å². The summed E-state index contributed by atoms with van der Waals surface area (Å²) in [7, 11) is 0. The monoisotopic (exact) mass is 347 g/mol. The van der Waals surface area contributed by atoms with Crippen LogP contribution >= 0.6 is 15.9 Å². The maximum absolute atomic E-state index is 12.3. The van der Waals surface area contributed by atoms with Gasteiger partial charge in [-0.1, -0.05) is 34.1 Å². The van der Waals surface area contributed by atoms with Crippen LogP contribution in [0.2, 0.25) is 0 Å². The zero-order valence-electron chi connectivity index (χ0n) is 12.1. The number of carbonyl (C=O) groups is 1. The van der Waals surface area contributed by atoms with E-state index in [0.717, 1.165) is 15.9 Å². The maximum Gasteiger partial charge on any atom is 0.245 e. The molecular weight excluding hydrogens is 330 g/mol. The molecule has 0 aliphatic carbocycles. The lowest BCUT2D eigenvalue weighted by atomic mass is 10.0. The van der Waals surface area contributed by atoms with E-state index in [1.54, 1.807) is 6.20 Å². The van der Waals surface area contributed by atoms with Crippen LogP contribution in [-0.2, 0) is 11.3 Å². The Morgan fingerprint density at radius 1 is 1.24 bits per heavy atom. The quantitative estimate of drug-likeness (QED) is 0.871. The number of para-hydroxylation sites is 1. The Hall–Kier alpha value is -1.88. The lowest BCUT2D eigenvalue weighted by Gasteiger charge is -2.26. The highest BCUT2D eigenvalue weighted by Gasteiger charge is 2.26. The minimum absolute atomic E-state index is 0.0758. The highest BCUT2D eigenvalue weighted by Crippen LogP contribution is 2.15. The molecule has 0 aliphatic heterocycles. The van der Waals surface area contributed by atoms with Gasteiger partial charge in [-0.15, -0.1) is 0 Å². The summed E-state index contributed by atoms with van der Waals surface area (Å²) in [6, 6.07) is 13.4. The molecule has 1 heterocycles. The summed E-state index contributed by atoms with van der Waals surface area (Å²) in [5.41, 5.74) is 1.03. The fourth-order valence-electron chi connectivity index (χ4n) is 1.88. The first-order valence-corrected chi connectivity index (χ1v) is 7.49. The number of halogens is 1. The first-order chi connectivity index (χ1) is 9.97. The Morgan fingerprint density at radius 3 is 2.62 bits per heavy atom. The summed E-state index contributed by atoms with van der Waals surface area (Å²) >= 11 is 3.39. The predicted octanol–water partition coefficient (Wildman–Crippen LogP) is 3.35. The number of hydrogen-bond acceptors (Lipinski definition) is 3. The summed E-state index contributed by atoms with van der Waals surface area (Å²) in [5, 5.41) is 6.13. The number of anilines is 1. The molecule has 2 aromatic rings. The van der Waals surface area contributed by atoms with E-state index >= 15 is 0 Å². The number of amides is 1. The second kappa shape index (κ2) is 6.72. The standard InChI is InChI=1S/C16H18BrN3O/c1-16(2,20-13-6-4-3-5-7-13)15(21)19-11-14-10-12(17)8-9-18-14/h3-10,20H,11H2,1-2H3,(H,19,21). The van der Waals surface area contributed by atoms with Gasteiger partial charge >= 0.3 is 0 Å². The number of carbonyl (C=O) groups excluding carboxylic acids is 1. The van der Waals surface area contributed by atoms with E-state index in [0.29, 0.717) is 6.54 Å². The Labute approximate surface area is 133 Å². The Bertz CT molecular complexity index is 614. The molecule has 0 aliphatic rings. The highest BCUT2D eigenvalue weighted by atomic mass is 79.9. The van der Waals surface area contributed by atoms with E-state index in [-0.39, 0.29) is 5.91 Å². The van der Waals surface area contributed by atoms with E-state index in [4.69, 9.17) is 0 Å². The van der Waals surface area contributed by atoms with Crippen LogP contribution in [0.1, 0.15) is 19.5 Å². The summed E-state index contributed by atoms with van der Waals surface area (Å²) in [6.45, 7) is 4.10. The van der Waals surface area contributed by atoms with Crippen LogP contribution in [-0.4, -0.2) is 16.4 Å². The number of nitrogens with one attached hydrogen (secondary N) is 2. The molecule has 0 bridgehead atoms. The SMILES string of the molecule is CC(C)(Nc1ccccc1)C(=O)NCc1cc(Br)ccn1. The number of rotatable bonds is 5. The van der Waals surface area contributed by atoms with Gasteiger partial charge in [0, 0.05) is 16.4 Å². The van der Waals surface area contributed by atoms with E-state index in [1.807, 2.05) is 56.3 Å². The van der Waals surface area contributed by atoms with Gasteiger partial charge in [0.05, 0.1) is 12.2 Å². The van der Waals surface area contributed by atoms with Gasteiger partial charge in [0.15, 0.2) is 0 Å². The molecule has 0 unspecified atom stereocenters. The van der Waals surface area contributed by atoms with Crippen molar-refractivity contribution < 1.29 is 4.79 Å². The average molecular weight is 348 g/mol. The van der Waals surface area contributed by atoms with Crippen LogP contribution in [0.15, 0.2) is 53.1 Å².